The van der Waals surface area contributed by atoms with E-state index in [2.05, 4.69) is 31.0 Å². The Hall–Kier alpha value is -3.94. The third kappa shape index (κ3) is 5.33. The van der Waals surface area contributed by atoms with Crippen LogP contribution in [0.25, 0.3) is 33.4 Å². The number of hydrogen-bond donors (Lipinski definition) is 4. The van der Waals surface area contributed by atoms with Crippen molar-refractivity contribution < 1.29 is 39.9 Å². The minimum Gasteiger partial charge on any atom is -0.475 e. The highest BCUT2D eigenvalue weighted by atomic mass is 32.2. The molecule has 3 heterocycles. The first-order chi connectivity index (χ1) is 18.1. The molecule has 0 atom stereocenters. The zero-order valence-corrected chi connectivity index (χ0v) is 21.3. The van der Waals surface area contributed by atoms with Gasteiger partial charge in [-0.15, -0.1) is 5.10 Å². The molecule has 0 radical (unpaired) electrons. The van der Waals surface area contributed by atoms with Gasteiger partial charge < -0.3 is 10.4 Å². The van der Waals surface area contributed by atoms with E-state index in [1.807, 2.05) is 6.07 Å². The van der Waals surface area contributed by atoms with Gasteiger partial charge in [-0.25, -0.2) is 31.9 Å². The van der Waals surface area contributed by atoms with Gasteiger partial charge in [-0.1, -0.05) is 24.3 Å². The normalized spacial score (nSPS) is 14.5. The van der Waals surface area contributed by atoms with Crippen LogP contribution in [-0.2, 0) is 31.7 Å². The molecule has 39 heavy (non-hydrogen) atoms. The van der Waals surface area contributed by atoms with Crippen molar-refractivity contribution in [2.75, 3.05) is 13.1 Å². The molecule has 0 spiro atoms. The second-order valence-corrected chi connectivity index (χ2v) is 11.9. The number of fused-ring (bicyclic) bond motifs is 1. The Kier molecular flexibility index (Phi) is 7.19. The topological polar surface area (TPSA) is 216 Å². The maximum atomic E-state index is 13.2. The number of nitrogens with one attached hydrogen (secondary N) is 2. The summed E-state index contributed by atoms with van der Waals surface area (Å²) in [5.74, 6) is -2.78. The van der Waals surface area contributed by atoms with Crippen molar-refractivity contribution in [1.29, 1.82) is 0 Å². The number of nitrogens with zero attached hydrogens (tertiary/aromatic N) is 5. The molecule has 5 N–H and O–H groups in total. The summed E-state index contributed by atoms with van der Waals surface area (Å²) in [6.45, 7) is 0.448. The number of nitrogens with two attached hydrogens (primary N) is 1. The summed E-state index contributed by atoms with van der Waals surface area (Å²) in [6, 6.07) is 8.27. The Morgan fingerprint density at radius 1 is 1.13 bits per heavy atom. The van der Waals surface area contributed by atoms with E-state index in [-0.39, 0.29) is 29.4 Å². The number of halogens is 3. The van der Waals surface area contributed by atoms with Crippen molar-refractivity contribution in [3.63, 3.8) is 0 Å². The van der Waals surface area contributed by atoms with Gasteiger partial charge in [0.15, 0.2) is 15.7 Å². The first kappa shape index (κ1) is 28.1. The van der Waals surface area contributed by atoms with Crippen LogP contribution in [-0.4, -0.2) is 82.8 Å². The van der Waals surface area contributed by atoms with Crippen molar-refractivity contribution in [3.8, 4) is 22.5 Å². The standard InChI is InChI=1S/C18H18N8O4S2.C2HF3O2/c1-26-16-10(7-21-26)3-2-4-13(16)12-5-6-14(31(27,28)11-8-20-9-11)17(32(19,29)30)15(12)18-22-24-25-23-18;3-2(4,5)1(6)7/h2-7,11,20H,8-9H2,1H3,(H2,19,29,30)(H,22,23,24,25);(H,6,7). The van der Waals surface area contributed by atoms with Crippen molar-refractivity contribution in [1.82, 2.24) is 35.7 Å². The fourth-order valence-electron chi connectivity index (χ4n) is 3.91. The van der Waals surface area contributed by atoms with E-state index < -0.39 is 42.2 Å². The fourth-order valence-corrected chi connectivity index (χ4v) is 7.09. The molecular weight excluding hydrogens is 569 g/mol. The number of primary sulfonamides is 1. The number of H-pyrrole nitrogens is 1. The number of tetrazole rings is 1. The lowest BCUT2D eigenvalue weighted by Gasteiger charge is -2.28. The lowest BCUT2D eigenvalue weighted by Crippen LogP contribution is -2.51. The van der Waals surface area contributed by atoms with E-state index >= 15 is 0 Å². The Labute approximate surface area is 218 Å². The minimum absolute atomic E-state index is 0.0143. The molecule has 1 aliphatic rings. The number of carbonyl (C=O) groups is 1. The van der Waals surface area contributed by atoms with Crippen LogP contribution in [0.15, 0.2) is 46.3 Å². The number of aromatic amines is 1. The first-order valence-corrected chi connectivity index (χ1v) is 13.8. The van der Waals surface area contributed by atoms with Crippen molar-refractivity contribution in [2.24, 2.45) is 12.2 Å². The zero-order chi connectivity index (χ0) is 28.8. The number of sulfonamides is 1. The van der Waals surface area contributed by atoms with Crippen LogP contribution in [0.3, 0.4) is 0 Å². The highest BCUT2D eigenvalue weighted by Gasteiger charge is 2.39. The predicted octanol–water partition coefficient (Wildman–Crippen LogP) is 0.447. The summed E-state index contributed by atoms with van der Waals surface area (Å²) in [4.78, 5) is 7.98. The van der Waals surface area contributed by atoms with Gasteiger partial charge in [-0.2, -0.15) is 18.3 Å². The zero-order valence-electron chi connectivity index (χ0n) is 19.7. The molecule has 0 bridgehead atoms. The number of sulfone groups is 1. The molecule has 1 aliphatic heterocycles. The second kappa shape index (κ2) is 9.98. The average Bonchev–Trinajstić information content (AvgIpc) is 3.46. The van der Waals surface area contributed by atoms with Gasteiger partial charge in [0.1, 0.15) is 4.90 Å². The van der Waals surface area contributed by atoms with E-state index in [0.717, 1.165) is 10.9 Å². The molecule has 5 rings (SSSR count). The Morgan fingerprint density at radius 2 is 1.79 bits per heavy atom. The van der Waals surface area contributed by atoms with Crippen LogP contribution in [0.2, 0.25) is 0 Å². The van der Waals surface area contributed by atoms with Gasteiger partial charge in [0.2, 0.25) is 10.0 Å². The third-order valence-electron chi connectivity index (χ3n) is 5.77. The fraction of sp³-hybridized carbons (Fsp3) is 0.250. The highest BCUT2D eigenvalue weighted by molar-refractivity contribution is 7.94. The van der Waals surface area contributed by atoms with Crippen LogP contribution in [0.4, 0.5) is 13.2 Å². The van der Waals surface area contributed by atoms with Crippen molar-refractivity contribution >= 4 is 36.7 Å². The lowest BCUT2D eigenvalue weighted by atomic mass is 9.97. The molecule has 0 unspecified atom stereocenters. The van der Waals surface area contributed by atoms with Gasteiger partial charge in [0.25, 0.3) is 0 Å². The maximum Gasteiger partial charge on any atom is 0.490 e. The number of hydrogen-bond acceptors (Lipinski definition) is 10. The van der Waals surface area contributed by atoms with Gasteiger partial charge in [0.05, 0.1) is 21.9 Å². The molecule has 4 aromatic rings. The SMILES string of the molecule is Cn1ncc2cccc(-c3ccc(S(=O)(=O)C4CNC4)c(S(N)(=O)=O)c3-c3nnn[nH]3)c21.O=C(O)C(F)(F)F. The summed E-state index contributed by atoms with van der Waals surface area (Å²) >= 11 is 0. The maximum absolute atomic E-state index is 13.2. The van der Waals surface area contributed by atoms with Crippen LogP contribution in [0, 0.1) is 0 Å². The molecule has 0 amide bonds. The monoisotopic (exact) mass is 588 g/mol. The lowest BCUT2D eigenvalue weighted by molar-refractivity contribution is -0.192. The van der Waals surface area contributed by atoms with Crippen LogP contribution >= 0.6 is 0 Å². The Bertz CT molecular complexity index is 1770. The van der Waals surface area contributed by atoms with Gasteiger partial charge in [0, 0.05) is 36.7 Å². The summed E-state index contributed by atoms with van der Waals surface area (Å²) in [6.07, 6.45) is -3.41. The van der Waals surface area contributed by atoms with Gasteiger partial charge in [-0.05, 0) is 22.1 Å². The summed E-state index contributed by atoms with van der Waals surface area (Å²) < 4.78 is 85.5. The molecule has 0 saturated carbocycles. The van der Waals surface area contributed by atoms with Gasteiger partial charge in [-0.3, -0.25) is 4.68 Å². The first-order valence-electron chi connectivity index (χ1n) is 10.7. The summed E-state index contributed by atoms with van der Waals surface area (Å²) in [7, 11) is -6.74. The number of aliphatic carboxylic acids is 1. The third-order valence-corrected chi connectivity index (χ3v) is 9.06. The number of aromatic nitrogens is 6. The number of alkyl halides is 3. The van der Waals surface area contributed by atoms with Crippen molar-refractivity contribution in [2.45, 2.75) is 21.2 Å². The minimum atomic E-state index is -5.08. The van der Waals surface area contributed by atoms with E-state index in [1.54, 1.807) is 36.1 Å². The molecule has 0 aliphatic carbocycles. The predicted molar refractivity (Wildman–Crippen MR) is 128 cm³/mol. The number of rotatable bonds is 5. The number of carboxylic acid groups (broad SMARTS) is 1. The number of carboxylic acids is 1. The molecule has 1 fully saturated rings. The molecule has 14 nitrogen and oxygen atoms in total. The number of para-hydroxylation sites is 1. The smallest absolute Gasteiger partial charge is 0.475 e. The van der Waals surface area contributed by atoms with E-state index in [0.29, 0.717) is 11.1 Å². The van der Waals surface area contributed by atoms with E-state index in [9.17, 15) is 30.0 Å². The molecule has 1 saturated heterocycles. The van der Waals surface area contributed by atoms with Crippen LogP contribution < -0.4 is 10.5 Å². The highest BCUT2D eigenvalue weighted by Crippen LogP contribution is 2.41. The largest absolute Gasteiger partial charge is 0.490 e. The van der Waals surface area contributed by atoms with Crippen LogP contribution in [0.1, 0.15) is 0 Å². The summed E-state index contributed by atoms with van der Waals surface area (Å²) in [5.41, 5.74) is 1.72. The Balaban J connectivity index is 0.000000448. The number of benzene rings is 2. The molecule has 2 aromatic heterocycles. The molecular formula is C20H19F3N8O6S2. The summed E-state index contributed by atoms with van der Waals surface area (Å²) in [5, 5.41) is 33.4. The van der Waals surface area contributed by atoms with Crippen LogP contribution in [0.5, 0.6) is 0 Å². The molecule has 2 aromatic carbocycles. The number of aryl methyl sites for hydroxylation is 1. The average molecular weight is 589 g/mol. The quantitative estimate of drug-likeness (QED) is 0.251. The van der Waals surface area contributed by atoms with E-state index in [1.165, 1.54) is 6.07 Å². The molecule has 19 heteroatoms. The van der Waals surface area contributed by atoms with E-state index in [4.69, 9.17) is 15.0 Å². The van der Waals surface area contributed by atoms with Gasteiger partial charge >= 0.3 is 12.1 Å². The van der Waals surface area contributed by atoms with Crippen molar-refractivity contribution in [3.05, 3.63) is 36.5 Å². The molecule has 208 valence electrons. The second-order valence-electron chi connectivity index (χ2n) is 8.25. The Morgan fingerprint density at radius 3 is 2.31 bits per heavy atom.